The molecule has 0 aliphatic heterocycles. The van der Waals surface area contributed by atoms with Crippen molar-refractivity contribution in [2.75, 3.05) is 0 Å². The van der Waals surface area contributed by atoms with Gasteiger partial charge in [-0.3, -0.25) is 4.68 Å². The molecular formula is C47H34N4OPd. The number of hydrogen-bond acceptors (Lipinski definition) is 3. The van der Waals surface area contributed by atoms with Gasteiger partial charge in [0.25, 0.3) is 0 Å². The van der Waals surface area contributed by atoms with Crippen LogP contribution in [0, 0.1) is 32.9 Å². The van der Waals surface area contributed by atoms with Crippen LogP contribution in [0.4, 0.5) is 0 Å². The van der Waals surface area contributed by atoms with Gasteiger partial charge < -0.3 is 9.30 Å². The molecule has 0 saturated carbocycles. The third kappa shape index (κ3) is 6.17. The number of nitrogens with zero attached hydrogens (tertiary/aromatic N) is 4. The molecule has 0 aliphatic rings. The van der Waals surface area contributed by atoms with Crippen LogP contribution in [0.25, 0.3) is 67.0 Å². The molecule has 0 aliphatic carbocycles. The number of aromatic nitrogens is 4. The topological polar surface area (TPSA) is 44.9 Å². The fraction of sp³-hybridized carbons (Fsp3) is 0.0638. The summed E-state index contributed by atoms with van der Waals surface area (Å²) < 4.78 is 10.7. The van der Waals surface area contributed by atoms with Crippen LogP contribution in [0.1, 0.15) is 16.7 Å². The quantitative estimate of drug-likeness (QED) is 0.120. The molecule has 0 amide bonds. The molecule has 258 valence electrons. The molecule has 6 aromatic carbocycles. The third-order valence-corrected chi connectivity index (χ3v) is 9.60. The van der Waals surface area contributed by atoms with E-state index in [1.165, 1.54) is 16.7 Å². The fourth-order valence-electron chi connectivity index (χ4n) is 7.25. The second-order valence-corrected chi connectivity index (χ2v) is 13.1. The summed E-state index contributed by atoms with van der Waals surface area (Å²) in [6, 6.07) is 57.0. The molecule has 3 aromatic heterocycles. The molecular weight excluding hydrogens is 743 g/mol. The first-order chi connectivity index (χ1) is 25.5. The zero-order valence-electron chi connectivity index (χ0n) is 29.4. The van der Waals surface area contributed by atoms with Crippen LogP contribution in [0.15, 0.2) is 152 Å². The predicted octanol–water partition coefficient (Wildman–Crippen LogP) is 11.7. The van der Waals surface area contributed by atoms with Crippen LogP contribution in [-0.4, -0.2) is 19.3 Å². The molecule has 0 bridgehead atoms. The summed E-state index contributed by atoms with van der Waals surface area (Å²) in [5, 5.41) is 7.58. The summed E-state index contributed by atoms with van der Waals surface area (Å²) in [5.74, 6) is 1.99. The molecule has 53 heavy (non-hydrogen) atoms. The summed E-state index contributed by atoms with van der Waals surface area (Å²) >= 11 is 0. The van der Waals surface area contributed by atoms with Gasteiger partial charge in [-0.2, -0.15) is 17.2 Å². The Morgan fingerprint density at radius 1 is 0.585 bits per heavy atom. The Balaban J connectivity index is 0.00000400. The number of para-hydroxylation sites is 1. The molecule has 3 heterocycles. The molecule has 0 saturated heterocycles. The maximum Gasteiger partial charge on any atom is 2.00 e. The van der Waals surface area contributed by atoms with Crippen LogP contribution in [0.5, 0.6) is 11.5 Å². The van der Waals surface area contributed by atoms with E-state index in [9.17, 15) is 0 Å². The Hall–Kier alpha value is -6.06. The maximum absolute atomic E-state index is 6.56. The molecule has 0 spiro atoms. The SMILES string of the molecule is Cc1ccnc(-n2c3[c-]c(Oc4[c-]c(-n5nc(-c6ccccc6)c(-c6c(C)cccc6C)c5-c5ccccc5)ccc4)ccc3c3ccccc32)c1.[Pd+2]. The van der Waals surface area contributed by atoms with E-state index < -0.39 is 0 Å². The van der Waals surface area contributed by atoms with Gasteiger partial charge in [-0.25, -0.2) is 4.98 Å². The van der Waals surface area contributed by atoms with Crippen LogP contribution in [0.2, 0.25) is 0 Å². The Kier molecular flexibility index (Phi) is 9.10. The average molecular weight is 777 g/mol. The van der Waals surface area contributed by atoms with Gasteiger partial charge in [-0.15, -0.1) is 35.7 Å². The molecule has 0 N–H and O–H groups in total. The van der Waals surface area contributed by atoms with Gasteiger partial charge in [-0.1, -0.05) is 103 Å². The molecule has 0 atom stereocenters. The minimum Gasteiger partial charge on any atom is -0.509 e. The minimum atomic E-state index is 0. The summed E-state index contributed by atoms with van der Waals surface area (Å²) in [6.07, 6.45) is 1.85. The second-order valence-electron chi connectivity index (χ2n) is 13.1. The number of aryl methyl sites for hydroxylation is 3. The van der Waals surface area contributed by atoms with Crippen LogP contribution in [0.3, 0.4) is 0 Å². The van der Waals surface area contributed by atoms with Crippen molar-refractivity contribution in [2.24, 2.45) is 0 Å². The van der Waals surface area contributed by atoms with E-state index in [1.54, 1.807) is 0 Å². The summed E-state index contributed by atoms with van der Waals surface area (Å²) in [4.78, 5) is 4.72. The Bertz CT molecular complexity index is 2730. The van der Waals surface area contributed by atoms with Gasteiger partial charge >= 0.3 is 20.4 Å². The Morgan fingerprint density at radius 2 is 1.26 bits per heavy atom. The summed E-state index contributed by atoms with van der Waals surface area (Å²) in [7, 11) is 0. The van der Waals surface area contributed by atoms with E-state index in [1.807, 2.05) is 53.3 Å². The van der Waals surface area contributed by atoms with Gasteiger partial charge in [0.2, 0.25) is 0 Å². The zero-order chi connectivity index (χ0) is 35.2. The van der Waals surface area contributed by atoms with Crippen LogP contribution >= 0.6 is 0 Å². The van der Waals surface area contributed by atoms with Crippen molar-refractivity contribution in [1.82, 2.24) is 19.3 Å². The number of fused-ring (bicyclic) bond motifs is 3. The van der Waals surface area contributed by atoms with Gasteiger partial charge in [0, 0.05) is 39.9 Å². The minimum absolute atomic E-state index is 0. The largest absolute Gasteiger partial charge is 2.00 e. The summed E-state index contributed by atoms with van der Waals surface area (Å²) in [6.45, 7) is 6.42. The molecule has 9 rings (SSSR count). The van der Waals surface area contributed by atoms with Crippen molar-refractivity contribution in [3.63, 3.8) is 0 Å². The van der Waals surface area contributed by atoms with E-state index in [2.05, 4.69) is 141 Å². The van der Waals surface area contributed by atoms with E-state index in [-0.39, 0.29) is 20.4 Å². The average Bonchev–Trinajstić information content (AvgIpc) is 3.72. The summed E-state index contributed by atoms with van der Waals surface area (Å²) in [5.41, 5.74) is 12.5. The van der Waals surface area contributed by atoms with E-state index >= 15 is 0 Å². The molecule has 9 aromatic rings. The second kappa shape index (κ2) is 14.2. The van der Waals surface area contributed by atoms with E-state index in [4.69, 9.17) is 14.8 Å². The number of pyridine rings is 1. The molecule has 6 heteroatoms. The van der Waals surface area contributed by atoms with Crippen molar-refractivity contribution in [3.8, 4) is 56.6 Å². The molecule has 0 unspecified atom stereocenters. The molecule has 5 nitrogen and oxygen atoms in total. The van der Waals surface area contributed by atoms with Crippen LogP contribution < -0.4 is 4.74 Å². The first-order valence-electron chi connectivity index (χ1n) is 17.4. The van der Waals surface area contributed by atoms with E-state index in [0.717, 1.165) is 67.0 Å². The van der Waals surface area contributed by atoms with Gasteiger partial charge in [-0.05, 0) is 72.3 Å². The normalized spacial score (nSPS) is 11.2. The van der Waals surface area contributed by atoms with Crippen molar-refractivity contribution in [3.05, 3.63) is 181 Å². The van der Waals surface area contributed by atoms with Gasteiger partial charge in [0.15, 0.2) is 0 Å². The van der Waals surface area contributed by atoms with Crippen molar-refractivity contribution >= 4 is 21.8 Å². The first-order valence-corrected chi connectivity index (χ1v) is 17.4. The van der Waals surface area contributed by atoms with Crippen molar-refractivity contribution < 1.29 is 25.2 Å². The molecule has 0 fully saturated rings. The number of benzene rings is 6. The number of rotatable bonds is 7. The van der Waals surface area contributed by atoms with Gasteiger partial charge in [0.05, 0.1) is 5.69 Å². The molecule has 0 radical (unpaired) electrons. The Morgan fingerprint density at radius 3 is 2.02 bits per heavy atom. The zero-order valence-corrected chi connectivity index (χ0v) is 31.0. The standard InChI is InChI=1S/C47H34N4O.Pd/c1-31-26-27-48-43(28-31)50-41-23-11-10-22-39(41)40-25-24-38(30-42(40)50)52-37-21-13-20-36(29-37)51-47(35-18-8-5-9-19-35)45(44-32(2)14-12-15-33(44)3)46(49-51)34-16-6-4-7-17-34;/h4-28H,1-3H3;/q-2;+2. The number of hydrogen-bond donors (Lipinski definition) is 0. The van der Waals surface area contributed by atoms with Crippen molar-refractivity contribution in [1.29, 1.82) is 0 Å². The van der Waals surface area contributed by atoms with Crippen molar-refractivity contribution in [2.45, 2.75) is 20.8 Å². The third-order valence-electron chi connectivity index (χ3n) is 9.60. The van der Waals surface area contributed by atoms with E-state index in [0.29, 0.717) is 11.5 Å². The fourth-order valence-corrected chi connectivity index (χ4v) is 7.25. The monoisotopic (exact) mass is 776 g/mol. The number of ether oxygens (including phenoxy) is 1. The predicted molar refractivity (Wildman–Crippen MR) is 210 cm³/mol. The van der Waals surface area contributed by atoms with Crippen LogP contribution in [-0.2, 0) is 20.4 Å². The maximum atomic E-state index is 6.56. The Labute approximate surface area is 322 Å². The first kappa shape index (κ1) is 34.1. The van der Waals surface area contributed by atoms with Gasteiger partial charge in [0.1, 0.15) is 11.5 Å². The smallest absolute Gasteiger partial charge is 0.509 e.